The number of aromatic nitrogens is 3. The van der Waals surface area contributed by atoms with Crippen LogP contribution < -0.4 is 5.32 Å². The van der Waals surface area contributed by atoms with E-state index in [4.69, 9.17) is 9.41 Å². The maximum atomic E-state index is 5.40. The molecular formula is C18H24N6OS. The van der Waals surface area contributed by atoms with Gasteiger partial charge in [0.1, 0.15) is 18.1 Å². The van der Waals surface area contributed by atoms with Crippen molar-refractivity contribution in [1.29, 1.82) is 0 Å². The molecule has 0 aliphatic carbocycles. The van der Waals surface area contributed by atoms with Crippen LogP contribution in [0, 0.1) is 13.8 Å². The SMILES string of the molecule is Cc1occc1CN(C)C(=NCc1nnc(C)n1C)NCc1cccs1. The Balaban J connectivity index is 1.74. The molecule has 0 bridgehead atoms. The lowest BCUT2D eigenvalue weighted by molar-refractivity contribution is 0.461. The molecular weight excluding hydrogens is 348 g/mol. The van der Waals surface area contributed by atoms with Crippen LogP contribution in [0.3, 0.4) is 0 Å². The minimum Gasteiger partial charge on any atom is -0.469 e. The number of aliphatic imine (C=N–C) groups is 1. The molecule has 0 aromatic carbocycles. The fraction of sp³-hybridized carbons (Fsp3) is 0.389. The Morgan fingerprint density at radius 1 is 1.35 bits per heavy atom. The van der Waals surface area contributed by atoms with E-state index in [0.29, 0.717) is 6.54 Å². The summed E-state index contributed by atoms with van der Waals surface area (Å²) in [5.41, 5.74) is 1.15. The van der Waals surface area contributed by atoms with Gasteiger partial charge in [0, 0.05) is 31.1 Å². The summed E-state index contributed by atoms with van der Waals surface area (Å²) in [4.78, 5) is 8.12. The van der Waals surface area contributed by atoms with Crippen LogP contribution in [0.2, 0.25) is 0 Å². The van der Waals surface area contributed by atoms with Crippen molar-refractivity contribution in [3.05, 3.63) is 57.7 Å². The van der Waals surface area contributed by atoms with E-state index in [1.165, 1.54) is 4.88 Å². The average molecular weight is 372 g/mol. The molecule has 0 saturated carbocycles. The second kappa shape index (κ2) is 8.18. The average Bonchev–Trinajstić information content (AvgIpc) is 3.34. The lowest BCUT2D eigenvalue weighted by Crippen LogP contribution is -2.38. The van der Waals surface area contributed by atoms with Gasteiger partial charge in [0.05, 0.1) is 12.8 Å². The van der Waals surface area contributed by atoms with Crippen molar-refractivity contribution < 1.29 is 4.42 Å². The van der Waals surface area contributed by atoms with Crippen molar-refractivity contribution in [2.24, 2.45) is 12.0 Å². The second-order valence-electron chi connectivity index (χ2n) is 6.15. The molecule has 138 valence electrons. The van der Waals surface area contributed by atoms with Crippen molar-refractivity contribution in [3.8, 4) is 0 Å². The van der Waals surface area contributed by atoms with Crippen LogP contribution in [0.15, 0.2) is 39.3 Å². The smallest absolute Gasteiger partial charge is 0.194 e. The van der Waals surface area contributed by atoms with Crippen LogP contribution in [0.25, 0.3) is 0 Å². The van der Waals surface area contributed by atoms with Gasteiger partial charge in [0.15, 0.2) is 11.8 Å². The second-order valence-corrected chi connectivity index (χ2v) is 7.19. The molecule has 3 aromatic heterocycles. The Bertz CT molecular complexity index is 864. The first kappa shape index (κ1) is 18.2. The van der Waals surface area contributed by atoms with E-state index in [2.05, 4.69) is 37.9 Å². The summed E-state index contributed by atoms with van der Waals surface area (Å²) in [5, 5.41) is 13.8. The Morgan fingerprint density at radius 3 is 2.81 bits per heavy atom. The molecule has 8 heteroatoms. The third-order valence-corrected chi connectivity index (χ3v) is 5.17. The van der Waals surface area contributed by atoms with Crippen molar-refractivity contribution >= 4 is 17.3 Å². The molecule has 0 amide bonds. The Kier molecular flexibility index (Phi) is 5.72. The van der Waals surface area contributed by atoms with Gasteiger partial charge in [-0.1, -0.05) is 6.07 Å². The molecule has 0 saturated heterocycles. The van der Waals surface area contributed by atoms with Crippen LogP contribution in [-0.4, -0.2) is 32.7 Å². The summed E-state index contributed by atoms with van der Waals surface area (Å²) in [6.07, 6.45) is 1.72. The van der Waals surface area contributed by atoms with Crippen LogP contribution in [0.4, 0.5) is 0 Å². The van der Waals surface area contributed by atoms with Crippen molar-refractivity contribution in [2.45, 2.75) is 33.5 Å². The third-order valence-electron chi connectivity index (χ3n) is 4.29. The predicted octanol–water partition coefficient (Wildman–Crippen LogP) is 2.86. The Morgan fingerprint density at radius 2 is 2.19 bits per heavy atom. The number of furan rings is 1. The van der Waals surface area contributed by atoms with Crippen LogP contribution >= 0.6 is 11.3 Å². The van der Waals surface area contributed by atoms with Gasteiger partial charge < -0.3 is 19.2 Å². The highest BCUT2D eigenvalue weighted by atomic mass is 32.1. The minimum absolute atomic E-state index is 0.471. The number of nitrogens with zero attached hydrogens (tertiary/aromatic N) is 5. The summed E-state index contributed by atoms with van der Waals surface area (Å²) in [7, 11) is 3.98. The van der Waals surface area contributed by atoms with Gasteiger partial charge >= 0.3 is 0 Å². The molecule has 3 aromatic rings. The standard InChI is InChI=1S/C18H24N6OS/c1-13-15(7-8-25-13)12-23(3)18(19-10-16-6-5-9-26-16)20-11-17-22-21-14(2)24(17)4/h5-9H,10-12H2,1-4H3,(H,19,20). The van der Waals surface area contributed by atoms with E-state index < -0.39 is 0 Å². The molecule has 0 atom stereocenters. The fourth-order valence-electron chi connectivity index (χ4n) is 2.53. The molecule has 0 spiro atoms. The van der Waals surface area contributed by atoms with Gasteiger partial charge in [-0.3, -0.25) is 0 Å². The molecule has 1 N–H and O–H groups in total. The molecule has 0 radical (unpaired) electrons. The predicted molar refractivity (Wildman–Crippen MR) is 103 cm³/mol. The summed E-state index contributed by atoms with van der Waals surface area (Å²) in [6.45, 7) is 5.84. The zero-order valence-electron chi connectivity index (χ0n) is 15.6. The quantitative estimate of drug-likeness (QED) is 0.532. The summed E-state index contributed by atoms with van der Waals surface area (Å²) in [5.74, 6) is 3.47. The normalized spacial score (nSPS) is 11.8. The molecule has 26 heavy (non-hydrogen) atoms. The number of nitrogens with one attached hydrogen (secondary N) is 1. The van der Waals surface area contributed by atoms with Crippen molar-refractivity contribution in [2.75, 3.05) is 7.05 Å². The van der Waals surface area contributed by atoms with E-state index in [1.807, 2.05) is 38.6 Å². The molecule has 3 rings (SSSR count). The number of guanidine groups is 1. The lowest BCUT2D eigenvalue weighted by Gasteiger charge is -2.22. The zero-order valence-corrected chi connectivity index (χ0v) is 16.4. The van der Waals surface area contributed by atoms with Crippen molar-refractivity contribution in [1.82, 2.24) is 25.0 Å². The highest BCUT2D eigenvalue weighted by Gasteiger charge is 2.12. The van der Waals surface area contributed by atoms with Crippen molar-refractivity contribution in [3.63, 3.8) is 0 Å². The minimum atomic E-state index is 0.471. The maximum absolute atomic E-state index is 5.40. The maximum Gasteiger partial charge on any atom is 0.194 e. The van der Waals surface area contributed by atoms with Gasteiger partial charge in [-0.15, -0.1) is 21.5 Å². The number of hydrogen-bond acceptors (Lipinski definition) is 5. The summed E-state index contributed by atoms with van der Waals surface area (Å²) < 4.78 is 7.36. The molecule has 0 fully saturated rings. The fourth-order valence-corrected chi connectivity index (χ4v) is 3.18. The number of aryl methyl sites for hydroxylation is 2. The van der Waals surface area contributed by atoms with Gasteiger partial charge in [-0.05, 0) is 31.4 Å². The molecule has 0 aliphatic heterocycles. The first-order chi connectivity index (χ1) is 12.5. The van der Waals surface area contributed by atoms with E-state index in [0.717, 1.165) is 42.0 Å². The molecule has 0 unspecified atom stereocenters. The van der Waals surface area contributed by atoms with Crippen LogP contribution in [0.5, 0.6) is 0 Å². The molecule has 7 nitrogen and oxygen atoms in total. The Labute approximate surface area is 157 Å². The van der Waals surface area contributed by atoms with E-state index >= 15 is 0 Å². The Hall–Kier alpha value is -2.61. The van der Waals surface area contributed by atoms with Gasteiger partial charge in [-0.25, -0.2) is 4.99 Å². The zero-order chi connectivity index (χ0) is 18.5. The van der Waals surface area contributed by atoms with E-state index in [9.17, 15) is 0 Å². The number of thiophene rings is 1. The summed E-state index contributed by atoms with van der Waals surface area (Å²) in [6, 6.07) is 6.16. The first-order valence-electron chi connectivity index (χ1n) is 8.44. The largest absolute Gasteiger partial charge is 0.469 e. The van der Waals surface area contributed by atoms with Crippen LogP contribution in [0.1, 0.15) is 27.8 Å². The topological polar surface area (TPSA) is 71.5 Å². The van der Waals surface area contributed by atoms with Gasteiger partial charge in [-0.2, -0.15) is 0 Å². The van der Waals surface area contributed by atoms with Gasteiger partial charge in [0.25, 0.3) is 0 Å². The molecule has 3 heterocycles. The third kappa shape index (κ3) is 4.32. The van der Waals surface area contributed by atoms with Gasteiger partial charge in [0.2, 0.25) is 0 Å². The van der Waals surface area contributed by atoms with E-state index in [-0.39, 0.29) is 0 Å². The highest BCUT2D eigenvalue weighted by molar-refractivity contribution is 7.09. The van der Waals surface area contributed by atoms with E-state index in [1.54, 1.807) is 17.6 Å². The number of rotatable bonds is 6. The molecule has 0 aliphatic rings. The first-order valence-corrected chi connectivity index (χ1v) is 9.32. The highest BCUT2D eigenvalue weighted by Crippen LogP contribution is 2.12. The summed E-state index contributed by atoms with van der Waals surface area (Å²) >= 11 is 1.73. The van der Waals surface area contributed by atoms with Crippen LogP contribution in [-0.2, 0) is 26.7 Å². The monoisotopic (exact) mass is 372 g/mol. The number of hydrogen-bond donors (Lipinski definition) is 1. The lowest BCUT2D eigenvalue weighted by atomic mass is 10.2.